The summed E-state index contributed by atoms with van der Waals surface area (Å²) in [5.74, 6) is 0.690. The molecule has 0 saturated carbocycles. The zero-order valence-corrected chi connectivity index (χ0v) is 12.8. The van der Waals surface area contributed by atoms with E-state index in [4.69, 9.17) is 0 Å². The molecule has 0 radical (unpaired) electrons. The van der Waals surface area contributed by atoms with Gasteiger partial charge in [-0.1, -0.05) is 34.1 Å². The zero-order valence-electron chi connectivity index (χ0n) is 11.2. The molecule has 0 saturated heterocycles. The van der Waals surface area contributed by atoms with Gasteiger partial charge in [-0.3, -0.25) is 9.36 Å². The van der Waals surface area contributed by atoms with Crippen LogP contribution >= 0.6 is 15.9 Å². The van der Waals surface area contributed by atoms with Crippen molar-refractivity contribution >= 4 is 26.8 Å². The summed E-state index contributed by atoms with van der Waals surface area (Å²) in [6.45, 7) is 3.85. The van der Waals surface area contributed by atoms with Gasteiger partial charge in [0.1, 0.15) is 5.82 Å². The molecule has 4 heteroatoms. The van der Waals surface area contributed by atoms with Crippen LogP contribution in [0.4, 0.5) is 0 Å². The Balaban J connectivity index is 2.41. The highest BCUT2D eigenvalue weighted by Crippen LogP contribution is 2.18. The SMILES string of the molecule is Cc1ccccc1-n1c(C)nc2cc(Br)ccc2c1=O. The van der Waals surface area contributed by atoms with E-state index in [0.29, 0.717) is 16.7 Å². The molecule has 0 unspecified atom stereocenters. The van der Waals surface area contributed by atoms with Gasteiger partial charge in [-0.15, -0.1) is 0 Å². The number of benzene rings is 2. The van der Waals surface area contributed by atoms with Crippen molar-refractivity contribution in [2.24, 2.45) is 0 Å². The van der Waals surface area contributed by atoms with Gasteiger partial charge in [0.05, 0.1) is 16.6 Å². The van der Waals surface area contributed by atoms with Crippen molar-refractivity contribution < 1.29 is 0 Å². The molecule has 3 rings (SSSR count). The van der Waals surface area contributed by atoms with Gasteiger partial charge in [0.25, 0.3) is 5.56 Å². The van der Waals surface area contributed by atoms with Crippen LogP contribution in [0.25, 0.3) is 16.6 Å². The van der Waals surface area contributed by atoms with Crippen molar-refractivity contribution in [3.8, 4) is 5.69 Å². The summed E-state index contributed by atoms with van der Waals surface area (Å²) in [6.07, 6.45) is 0. The molecule has 0 atom stereocenters. The van der Waals surface area contributed by atoms with E-state index in [2.05, 4.69) is 20.9 Å². The Morgan fingerprint density at radius 3 is 2.60 bits per heavy atom. The lowest BCUT2D eigenvalue weighted by Crippen LogP contribution is -2.22. The first-order valence-electron chi connectivity index (χ1n) is 6.33. The second-order valence-corrected chi connectivity index (χ2v) is 5.66. The molecule has 3 nitrogen and oxygen atoms in total. The number of aryl methyl sites for hydroxylation is 2. The number of rotatable bonds is 1. The molecule has 0 amide bonds. The normalized spacial score (nSPS) is 10.9. The minimum atomic E-state index is -0.0331. The standard InChI is InChI=1S/C16H13BrN2O/c1-10-5-3-4-6-15(10)19-11(2)18-14-9-12(17)7-8-13(14)16(19)20/h3-9H,1-2H3. The van der Waals surface area contributed by atoms with Crippen LogP contribution in [0, 0.1) is 13.8 Å². The molecule has 0 spiro atoms. The number of aromatic nitrogens is 2. The monoisotopic (exact) mass is 328 g/mol. The summed E-state index contributed by atoms with van der Waals surface area (Å²) < 4.78 is 2.59. The molecule has 100 valence electrons. The summed E-state index contributed by atoms with van der Waals surface area (Å²) in [5.41, 5.74) is 2.62. The number of hydrogen-bond acceptors (Lipinski definition) is 2. The maximum Gasteiger partial charge on any atom is 0.265 e. The van der Waals surface area contributed by atoms with Gasteiger partial charge in [0.2, 0.25) is 0 Å². The molecule has 0 aliphatic carbocycles. The van der Waals surface area contributed by atoms with E-state index in [0.717, 1.165) is 15.7 Å². The Bertz CT molecular complexity index is 868. The van der Waals surface area contributed by atoms with Crippen LogP contribution in [0.1, 0.15) is 11.4 Å². The molecular formula is C16H13BrN2O. The van der Waals surface area contributed by atoms with Crippen molar-refractivity contribution in [1.29, 1.82) is 0 Å². The van der Waals surface area contributed by atoms with E-state index >= 15 is 0 Å². The Morgan fingerprint density at radius 2 is 1.85 bits per heavy atom. The fourth-order valence-corrected chi connectivity index (χ4v) is 2.72. The fraction of sp³-hybridized carbons (Fsp3) is 0.125. The van der Waals surface area contributed by atoms with E-state index in [1.807, 2.05) is 56.3 Å². The summed E-state index contributed by atoms with van der Waals surface area (Å²) >= 11 is 3.41. The highest BCUT2D eigenvalue weighted by molar-refractivity contribution is 9.10. The number of para-hydroxylation sites is 1. The predicted molar refractivity (Wildman–Crippen MR) is 84.5 cm³/mol. The van der Waals surface area contributed by atoms with Gasteiger partial charge < -0.3 is 0 Å². The van der Waals surface area contributed by atoms with Gasteiger partial charge in [-0.05, 0) is 43.7 Å². The average molecular weight is 329 g/mol. The van der Waals surface area contributed by atoms with E-state index in [-0.39, 0.29) is 5.56 Å². The molecule has 3 aromatic rings. The third kappa shape index (κ3) is 2.06. The maximum atomic E-state index is 12.7. The van der Waals surface area contributed by atoms with Gasteiger partial charge in [0, 0.05) is 4.47 Å². The molecular weight excluding hydrogens is 316 g/mol. The molecule has 0 bridgehead atoms. The van der Waals surface area contributed by atoms with Crippen LogP contribution in [0.2, 0.25) is 0 Å². The van der Waals surface area contributed by atoms with E-state index < -0.39 is 0 Å². The fourth-order valence-electron chi connectivity index (χ4n) is 2.37. The van der Waals surface area contributed by atoms with Crippen LogP contribution in [-0.4, -0.2) is 9.55 Å². The Labute approximate surface area is 125 Å². The second-order valence-electron chi connectivity index (χ2n) is 4.75. The Hall–Kier alpha value is -1.94. The molecule has 20 heavy (non-hydrogen) atoms. The number of halogens is 1. The Morgan fingerprint density at radius 1 is 1.10 bits per heavy atom. The lowest BCUT2D eigenvalue weighted by atomic mass is 10.2. The summed E-state index contributed by atoms with van der Waals surface area (Å²) in [7, 11) is 0. The molecule has 1 aromatic heterocycles. The lowest BCUT2D eigenvalue weighted by molar-refractivity contribution is 0.887. The summed E-state index contributed by atoms with van der Waals surface area (Å²) in [5, 5.41) is 0.627. The zero-order chi connectivity index (χ0) is 14.3. The van der Waals surface area contributed by atoms with Gasteiger partial charge in [-0.25, -0.2) is 4.98 Å². The lowest BCUT2D eigenvalue weighted by Gasteiger charge is -2.13. The highest BCUT2D eigenvalue weighted by Gasteiger charge is 2.11. The third-order valence-electron chi connectivity index (χ3n) is 3.36. The highest BCUT2D eigenvalue weighted by atomic mass is 79.9. The van der Waals surface area contributed by atoms with Crippen LogP contribution in [0.5, 0.6) is 0 Å². The van der Waals surface area contributed by atoms with Crippen molar-refractivity contribution in [3.63, 3.8) is 0 Å². The van der Waals surface area contributed by atoms with Gasteiger partial charge in [-0.2, -0.15) is 0 Å². The van der Waals surface area contributed by atoms with Crippen LogP contribution in [-0.2, 0) is 0 Å². The van der Waals surface area contributed by atoms with Crippen LogP contribution in [0.3, 0.4) is 0 Å². The minimum Gasteiger partial charge on any atom is -0.268 e. The molecule has 0 aliphatic rings. The summed E-state index contributed by atoms with van der Waals surface area (Å²) in [6, 6.07) is 13.4. The van der Waals surface area contributed by atoms with Gasteiger partial charge in [0.15, 0.2) is 0 Å². The topological polar surface area (TPSA) is 34.9 Å². The van der Waals surface area contributed by atoms with Crippen molar-refractivity contribution in [3.05, 3.63) is 68.7 Å². The van der Waals surface area contributed by atoms with E-state index in [9.17, 15) is 4.79 Å². The molecule has 0 fully saturated rings. The minimum absolute atomic E-state index is 0.0331. The molecule has 0 N–H and O–H groups in total. The quantitative estimate of drug-likeness (QED) is 0.681. The molecule has 1 heterocycles. The summed E-state index contributed by atoms with van der Waals surface area (Å²) in [4.78, 5) is 17.3. The second kappa shape index (κ2) is 4.87. The van der Waals surface area contributed by atoms with Crippen LogP contribution < -0.4 is 5.56 Å². The van der Waals surface area contributed by atoms with Crippen molar-refractivity contribution in [2.45, 2.75) is 13.8 Å². The number of fused-ring (bicyclic) bond motifs is 1. The first kappa shape index (κ1) is 13.1. The first-order valence-corrected chi connectivity index (χ1v) is 7.12. The maximum absolute atomic E-state index is 12.7. The number of hydrogen-bond donors (Lipinski definition) is 0. The predicted octanol–water partition coefficient (Wildman–Crippen LogP) is 3.77. The van der Waals surface area contributed by atoms with Crippen molar-refractivity contribution in [1.82, 2.24) is 9.55 Å². The molecule has 2 aromatic carbocycles. The van der Waals surface area contributed by atoms with Crippen molar-refractivity contribution in [2.75, 3.05) is 0 Å². The van der Waals surface area contributed by atoms with Crippen LogP contribution in [0.15, 0.2) is 51.7 Å². The average Bonchev–Trinajstić information content (AvgIpc) is 2.40. The van der Waals surface area contributed by atoms with Gasteiger partial charge >= 0.3 is 0 Å². The van der Waals surface area contributed by atoms with E-state index in [1.54, 1.807) is 4.57 Å². The largest absolute Gasteiger partial charge is 0.268 e. The first-order chi connectivity index (χ1) is 9.58. The number of nitrogens with zero attached hydrogens (tertiary/aromatic N) is 2. The van der Waals surface area contributed by atoms with E-state index in [1.165, 1.54) is 0 Å². The third-order valence-corrected chi connectivity index (χ3v) is 3.85. The Kier molecular flexibility index (Phi) is 3.18. The molecule has 0 aliphatic heterocycles. The smallest absolute Gasteiger partial charge is 0.265 e.